The van der Waals surface area contributed by atoms with Gasteiger partial charge in [0.1, 0.15) is 16.2 Å². The second-order valence-corrected chi connectivity index (χ2v) is 7.68. The lowest BCUT2D eigenvalue weighted by Crippen LogP contribution is -2.32. The molecule has 25 heavy (non-hydrogen) atoms. The Morgan fingerprint density at radius 3 is 2.72 bits per heavy atom. The average Bonchev–Trinajstić information content (AvgIpc) is 3.25. The molecule has 0 aromatic carbocycles. The van der Waals surface area contributed by atoms with Gasteiger partial charge in [-0.15, -0.1) is 22.7 Å². The van der Waals surface area contributed by atoms with Gasteiger partial charge in [0.25, 0.3) is 0 Å². The summed E-state index contributed by atoms with van der Waals surface area (Å²) < 4.78 is 10.8. The highest BCUT2D eigenvalue weighted by Gasteiger charge is 2.29. The Bertz CT molecular complexity index is 841. The van der Waals surface area contributed by atoms with Gasteiger partial charge in [0.15, 0.2) is 5.82 Å². The molecule has 0 unspecified atom stereocenters. The first-order valence-corrected chi connectivity index (χ1v) is 9.27. The summed E-state index contributed by atoms with van der Waals surface area (Å²) in [4.78, 5) is 14.9. The number of anilines is 1. The summed E-state index contributed by atoms with van der Waals surface area (Å²) in [5.41, 5.74) is 2.74. The summed E-state index contributed by atoms with van der Waals surface area (Å²) in [5, 5.41) is 7.88. The van der Waals surface area contributed by atoms with E-state index in [4.69, 9.17) is 9.47 Å². The van der Waals surface area contributed by atoms with Gasteiger partial charge >= 0.3 is 0 Å². The van der Waals surface area contributed by atoms with Crippen molar-refractivity contribution in [3.63, 3.8) is 0 Å². The van der Waals surface area contributed by atoms with Gasteiger partial charge in [-0.05, 0) is 6.07 Å². The van der Waals surface area contributed by atoms with E-state index in [9.17, 15) is 0 Å². The van der Waals surface area contributed by atoms with Crippen molar-refractivity contribution in [1.82, 2.24) is 15.0 Å². The molecule has 3 aromatic rings. The van der Waals surface area contributed by atoms with Gasteiger partial charge < -0.3 is 9.47 Å². The third-order valence-electron chi connectivity index (χ3n) is 3.65. The van der Waals surface area contributed by atoms with Gasteiger partial charge in [-0.2, -0.15) is 5.10 Å². The number of hydrogen-bond acceptors (Lipinski definition) is 9. The van der Waals surface area contributed by atoms with Crippen LogP contribution in [0, 0.1) is 0 Å². The minimum atomic E-state index is -0.240. The van der Waals surface area contributed by atoms with Crippen LogP contribution in [0.15, 0.2) is 29.1 Å². The van der Waals surface area contributed by atoms with Crippen LogP contribution in [0.1, 0.15) is 16.8 Å². The highest BCUT2D eigenvalue weighted by Crippen LogP contribution is 2.36. The van der Waals surface area contributed by atoms with Crippen molar-refractivity contribution in [2.75, 3.05) is 32.9 Å². The Labute approximate surface area is 153 Å². The number of rotatable bonds is 8. The lowest BCUT2D eigenvalue weighted by Gasteiger charge is -2.26. The maximum absolute atomic E-state index is 5.39. The molecule has 9 heteroatoms. The highest BCUT2D eigenvalue weighted by atomic mass is 32.1. The zero-order valence-corrected chi connectivity index (χ0v) is 15.9. The quantitative estimate of drug-likeness (QED) is 0.480. The van der Waals surface area contributed by atoms with E-state index >= 15 is 0 Å². The van der Waals surface area contributed by atoms with Gasteiger partial charge in [-0.3, -0.25) is 5.43 Å². The van der Waals surface area contributed by atoms with Crippen LogP contribution in [-0.2, 0) is 14.9 Å². The maximum Gasteiger partial charge on any atom is 0.158 e. The van der Waals surface area contributed by atoms with Crippen LogP contribution in [0.25, 0.3) is 10.2 Å². The van der Waals surface area contributed by atoms with Crippen LogP contribution >= 0.6 is 22.7 Å². The summed E-state index contributed by atoms with van der Waals surface area (Å²) >= 11 is 3.14. The number of fused-ring (bicyclic) bond motifs is 1. The molecule has 0 aliphatic heterocycles. The molecule has 0 atom stereocenters. The van der Waals surface area contributed by atoms with Gasteiger partial charge in [0.2, 0.25) is 0 Å². The number of nitrogens with zero attached hydrogens (tertiary/aromatic N) is 4. The van der Waals surface area contributed by atoms with Gasteiger partial charge in [-0.25, -0.2) is 15.0 Å². The number of thiophene rings is 1. The summed E-state index contributed by atoms with van der Waals surface area (Å²) in [7, 11) is 3.39. The van der Waals surface area contributed by atoms with Crippen molar-refractivity contribution in [2.24, 2.45) is 5.10 Å². The van der Waals surface area contributed by atoms with E-state index < -0.39 is 0 Å². The highest BCUT2D eigenvalue weighted by molar-refractivity contribution is 7.18. The van der Waals surface area contributed by atoms with Crippen molar-refractivity contribution in [1.29, 1.82) is 0 Å². The molecule has 7 nitrogen and oxygen atoms in total. The van der Waals surface area contributed by atoms with E-state index in [1.165, 1.54) is 17.7 Å². The minimum absolute atomic E-state index is 0.240. The van der Waals surface area contributed by atoms with Crippen LogP contribution in [0.4, 0.5) is 5.82 Å². The van der Waals surface area contributed by atoms with Crippen molar-refractivity contribution < 1.29 is 9.47 Å². The largest absolute Gasteiger partial charge is 0.384 e. The molecule has 0 spiro atoms. The predicted molar refractivity (Wildman–Crippen MR) is 102 cm³/mol. The molecule has 3 rings (SSSR count). The van der Waals surface area contributed by atoms with Gasteiger partial charge in [0, 0.05) is 36.1 Å². The maximum atomic E-state index is 5.39. The molecule has 1 N–H and O–H groups in total. The number of hydrazone groups is 1. The molecule has 132 valence electrons. The first-order valence-electron chi connectivity index (χ1n) is 7.58. The Morgan fingerprint density at radius 2 is 2.04 bits per heavy atom. The fraction of sp³-hybridized carbons (Fsp3) is 0.375. The second kappa shape index (κ2) is 7.96. The van der Waals surface area contributed by atoms with Gasteiger partial charge in [0.05, 0.1) is 24.8 Å². The summed E-state index contributed by atoms with van der Waals surface area (Å²) in [6.45, 7) is 3.24. The molecule has 0 aliphatic rings. The first-order chi connectivity index (χ1) is 12.2. The molecule has 3 heterocycles. The number of aromatic nitrogens is 3. The molecular formula is C16H19N5O2S2. The normalized spacial score (nSPS) is 12.3. The zero-order valence-electron chi connectivity index (χ0n) is 14.2. The molecule has 0 aliphatic carbocycles. The van der Waals surface area contributed by atoms with E-state index in [-0.39, 0.29) is 5.41 Å². The number of hydrogen-bond donors (Lipinski definition) is 1. The third-order valence-corrected chi connectivity index (χ3v) is 5.71. The van der Waals surface area contributed by atoms with E-state index in [0.29, 0.717) is 19.0 Å². The Morgan fingerprint density at radius 1 is 1.24 bits per heavy atom. The van der Waals surface area contributed by atoms with E-state index in [1.54, 1.807) is 38.0 Å². The van der Waals surface area contributed by atoms with Crippen LogP contribution in [0.3, 0.4) is 0 Å². The summed E-state index contributed by atoms with van der Waals surface area (Å²) in [5.74, 6) is 0.664. The van der Waals surface area contributed by atoms with Crippen LogP contribution in [0.5, 0.6) is 0 Å². The predicted octanol–water partition coefficient (Wildman–Crippen LogP) is 3.14. The molecule has 0 fully saturated rings. The fourth-order valence-corrected chi connectivity index (χ4v) is 4.12. The Hall–Kier alpha value is -1.94. The SMILES string of the molecule is COCC(C)(COC)c1cc2c(NN=Cc3nccs3)ncnc2s1. The summed E-state index contributed by atoms with van der Waals surface area (Å²) in [6, 6.07) is 2.08. The smallest absolute Gasteiger partial charge is 0.158 e. The lowest BCUT2D eigenvalue weighted by molar-refractivity contribution is 0.0706. The molecule has 0 saturated carbocycles. The number of ether oxygens (including phenoxy) is 2. The number of thiazole rings is 1. The molecule has 0 saturated heterocycles. The first kappa shape index (κ1) is 17.9. The molecule has 3 aromatic heterocycles. The topological polar surface area (TPSA) is 81.5 Å². The molecule has 0 bridgehead atoms. The lowest BCUT2D eigenvalue weighted by atomic mass is 9.90. The summed E-state index contributed by atoms with van der Waals surface area (Å²) in [6.07, 6.45) is 4.95. The standard InChI is InChI=1S/C16H19N5O2S2/c1-16(8-22-2,9-23-3)12-6-11-14(18-10-19-15(11)25-12)21-20-7-13-17-4-5-24-13/h4-7,10H,8-9H2,1-3H3,(H,18,19,21). The molecule has 0 amide bonds. The van der Waals surface area contributed by atoms with E-state index in [1.807, 2.05) is 5.38 Å². The van der Waals surface area contributed by atoms with Crippen LogP contribution in [0.2, 0.25) is 0 Å². The van der Waals surface area contributed by atoms with Crippen molar-refractivity contribution in [3.05, 3.63) is 33.9 Å². The van der Waals surface area contributed by atoms with Crippen molar-refractivity contribution in [2.45, 2.75) is 12.3 Å². The Balaban J connectivity index is 1.89. The van der Waals surface area contributed by atoms with Crippen molar-refractivity contribution in [3.8, 4) is 0 Å². The fourth-order valence-electron chi connectivity index (χ4n) is 2.51. The number of methoxy groups -OCH3 is 2. The van der Waals surface area contributed by atoms with E-state index in [2.05, 4.69) is 38.5 Å². The minimum Gasteiger partial charge on any atom is -0.384 e. The van der Waals surface area contributed by atoms with Gasteiger partial charge in [-0.1, -0.05) is 6.92 Å². The second-order valence-electron chi connectivity index (χ2n) is 5.72. The monoisotopic (exact) mass is 377 g/mol. The van der Waals surface area contributed by atoms with Crippen LogP contribution in [-0.4, -0.2) is 48.6 Å². The molecule has 0 radical (unpaired) electrons. The zero-order chi connectivity index (χ0) is 17.7. The third kappa shape index (κ3) is 4.01. The Kier molecular flexibility index (Phi) is 5.69. The van der Waals surface area contributed by atoms with Crippen LogP contribution < -0.4 is 5.43 Å². The van der Waals surface area contributed by atoms with Crippen molar-refractivity contribution >= 4 is 44.9 Å². The number of nitrogens with one attached hydrogen (secondary N) is 1. The molecular weight excluding hydrogens is 358 g/mol. The van der Waals surface area contributed by atoms with E-state index in [0.717, 1.165) is 20.1 Å². The average molecular weight is 377 g/mol.